The number of methoxy groups -OCH3 is 1. The Morgan fingerprint density at radius 2 is 1.94 bits per heavy atom. The number of carbonyl (C=O) groups excluding carboxylic acids is 1. The molecule has 0 spiro atoms. The number of carbonyl (C=O) groups is 1. The van der Waals surface area contributed by atoms with Crippen LogP contribution < -0.4 is 0 Å². The Hall–Kier alpha value is -1.61. The fraction of sp³-hybridized carbons (Fsp3) is 0.357. The molecule has 1 aromatic carbocycles. The summed E-state index contributed by atoms with van der Waals surface area (Å²) in [7, 11) is 5.13. The fourth-order valence-corrected chi connectivity index (χ4v) is 1.92. The van der Waals surface area contributed by atoms with Crippen molar-refractivity contribution in [3.8, 4) is 0 Å². The summed E-state index contributed by atoms with van der Waals surface area (Å²) in [5.41, 5.74) is 1.06. The lowest BCUT2D eigenvalue weighted by Gasteiger charge is -2.28. The van der Waals surface area contributed by atoms with Crippen molar-refractivity contribution in [2.75, 3.05) is 21.2 Å². The summed E-state index contributed by atoms with van der Waals surface area (Å²) < 4.78 is 4.85. The van der Waals surface area contributed by atoms with E-state index in [1.165, 1.54) is 7.11 Å². The molecule has 3 heteroatoms. The highest BCUT2D eigenvalue weighted by Crippen LogP contribution is 2.24. The highest BCUT2D eigenvalue weighted by atomic mass is 16.5. The first-order valence-electron chi connectivity index (χ1n) is 5.53. The molecule has 0 unspecified atom stereocenters. The Morgan fingerprint density at radius 3 is 2.35 bits per heavy atom. The average Bonchev–Trinajstić information content (AvgIpc) is 2.35. The van der Waals surface area contributed by atoms with Crippen molar-refractivity contribution in [1.29, 1.82) is 0 Å². The quantitative estimate of drug-likeness (QED) is 0.576. The van der Waals surface area contributed by atoms with Gasteiger partial charge in [-0.2, -0.15) is 0 Å². The molecule has 1 rings (SSSR count). The third-order valence-corrected chi connectivity index (χ3v) is 2.78. The summed E-state index contributed by atoms with van der Waals surface area (Å²) in [6.45, 7) is 3.82. The first-order chi connectivity index (χ1) is 8.11. The van der Waals surface area contributed by atoms with E-state index in [-0.39, 0.29) is 17.9 Å². The first kappa shape index (κ1) is 13.5. The van der Waals surface area contributed by atoms with Gasteiger partial charge < -0.3 is 4.74 Å². The van der Waals surface area contributed by atoms with Crippen molar-refractivity contribution >= 4 is 5.97 Å². The van der Waals surface area contributed by atoms with Crippen LogP contribution in [0, 0.1) is 0 Å². The van der Waals surface area contributed by atoms with Crippen LogP contribution in [0.15, 0.2) is 43.0 Å². The van der Waals surface area contributed by atoms with Gasteiger partial charge in [-0.15, -0.1) is 6.58 Å². The number of rotatable bonds is 5. The normalized spacial score (nSPS) is 14.1. The number of hydrogen-bond acceptors (Lipinski definition) is 3. The molecule has 2 atom stereocenters. The summed E-state index contributed by atoms with van der Waals surface area (Å²) in [5, 5.41) is 0. The lowest BCUT2D eigenvalue weighted by Crippen LogP contribution is -2.41. The van der Waals surface area contributed by atoms with Gasteiger partial charge in [-0.1, -0.05) is 36.4 Å². The van der Waals surface area contributed by atoms with Gasteiger partial charge in [-0.25, -0.2) is 0 Å². The monoisotopic (exact) mass is 233 g/mol. The molecule has 0 N–H and O–H groups in total. The summed E-state index contributed by atoms with van der Waals surface area (Å²) in [4.78, 5) is 13.7. The van der Waals surface area contributed by atoms with E-state index >= 15 is 0 Å². The average molecular weight is 233 g/mol. The van der Waals surface area contributed by atoms with Crippen molar-refractivity contribution in [1.82, 2.24) is 4.90 Å². The molecule has 17 heavy (non-hydrogen) atoms. The fourth-order valence-electron chi connectivity index (χ4n) is 1.92. The molecule has 0 amide bonds. The largest absolute Gasteiger partial charge is 0.468 e. The highest BCUT2D eigenvalue weighted by molar-refractivity contribution is 5.77. The summed E-state index contributed by atoms with van der Waals surface area (Å²) in [6, 6.07) is 9.50. The van der Waals surface area contributed by atoms with Crippen LogP contribution in [0.2, 0.25) is 0 Å². The van der Waals surface area contributed by atoms with E-state index in [1.807, 2.05) is 49.3 Å². The van der Waals surface area contributed by atoms with Crippen LogP contribution in [0.3, 0.4) is 0 Å². The topological polar surface area (TPSA) is 29.5 Å². The molecule has 1 aromatic rings. The number of likely N-dealkylation sites (N-methyl/N-ethyl adjacent to an activating group) is 1. The lowest BCUT2D eigenvalue weighted by atomic mass is 9.91. The number of ether oxygens (including phenoxy) is 1. The van der Waals surface area contributed by atoms with Gasteiger partial charge in [0.2, 0.25) is 0 Å². The lowest BCUT2D eigenvalue weighted by molar-refractivity contribution is -0.146. The smallest absolute Gasteiger partial charge is 0.324 e. The zero-order valence-corrected chi connectivity index (χ0v) is 10.6. The first-order valence-corrected chi connectivity index (χ1v) is 5.53. The van der Waals surface area contributed by atoms with Crippen LogP contribution in [0.4, 0.5) is 0 Å². The van der Waals surface area contributed by atoms with Crippen molar-refractivity contribution < 1.29 is 9.53 Å². The molecule has 0 radical (unpaired) electrons. The predicted molar refractivity (Wildman–Crippen MR) is 68.9 cm³/mol. The van der Waals surface area contributed by atoms with E-state index < -0.39 is 0 Å². The molecule has 0 aromatic heterocycles. The zero-order chi connectivity index (χ0) is 12.8. The Labute approximate surface area is 103 Å². The van der Waals surface area contributed by atoms with Gasteiger partial charge in [0.25, 0.3) is 0 Å². The van der Waals surface area contributed by atoms with Gasteiger partial charge >= 0.3 is 5.97 Å². The number of esters is 1. The van der Waals surface area contributed by atoms with E-state index in [0.29, 0.717) is 0 Å². The molecular formula is C14H19NO2. The van der Waals surface area contributed by atoms with Crippen molar-refractivity contribution in [2.45, 2.75) is 12.0 Å². The molecule has 0 aliphatic heterocycles. The van der Waals surface area contributed by atoms with Gasteiger partial charge in [-0.3, -0.25) is 9.69 Å². The van der Waals surface area contributed by atoms with E-state index in [1.54, 1.807) is 6.08 Å². The Kier molecular flexibility index (Phi) is 4.91. The van der Waals surface area contributed by atoms with Gasteiger partial charge in [0.15, 0.2) is 0 Å². The van der Waals surface area contributed by atoms with Crippen molar-refractivity contribution in [3.05, 3.63) is 48.6 Å². The Morgan fingerprint density at radius 1 is 1.35 bits per heavy atom. The second kappa shape index (κ2) is 6.21. The number of nitrogens with zero attached hydrogens (tertiary/aromatic N) is 1. The predicted octanol–water partition coefficient (Wildman–Crippen LogP) is 2.06. The molecular weight excluding hydrogens is 214 g/mol. The Balaban J connectivity index is 3.06. The maximum absolute atomic E-state index is 11.8. The van der Waals surface area contributed by atoms with Gasteiger partial charge in [0, 0.05) is 5.92 Å². The maximum atomic E-state index is 11.8. The van der Waals surface area contributed by atoms with Crippen molar-refractivity contribution in [2.24, 2.45) is 0 Å². The van der Waals surface area contributed by atoms with Crippen LogP contribution in [0.1, 0.15) is 11.5 Å². The maximum Gasteiger partial charge on any atom is 0.324 e. The van der Waals surface area contributed by atoms with E-state index in [0.717, 1.165) is 5.56 Å². The third kappa shape index (κ3) is 3.17. The second-order valence-corrected chi connectivity index (χ2v) is 4.10. The van der Waals surface area contributed by atoms with E-state index in [9.17, 15) is 4.79 Å². The van der Waals surface area contributed by atoms with Crippen LogP contribution in [-0.4, -0.2) is 38.1 Å². The minimum atomic E-state index is -0.347. The Bertz CT molecular complexity index is 373. The summed E-state index contributed by atoms with van der Waals surface area (Å²) in [6.07, 6.45) is 1.79. The van der Waals surface area contributed by atoms with Gasteiger partial charge in [0.1, 0.15) is 6.04 Å². The standard InChI is InChI=1S/C14H19NO2/c1-5-12(11-9-7-6-8-10-11)13(15(2)3)14(16)17-4/h5-10,12-13H,1H2,2-4H3/t12-,13+/m1/s1. The number of hydrogen-bond donors (Lipinski definition) is 0. The SMILES string of the molecule is C=C[C@H](c1ccccc1)[C@@H](C(=O)OC)N(C)C. The molecule has 0 aliphatic rings. The minimum Gasteiger partial charge on any atom is -0.468 e. The van der Waals surface area contributed by atoms with Crippen LogP contribution in [0.25, 0.3) is 0 Å². The summed E-state index contributed by atoms with van der Waals surface area (Å²) >= 11 is 0. The van der Waals surface area contributed by atoms with E-state index in [2.05, 4.69) is 6.58 Å². The molecule has 0 bridgehead atoms. The molecule has 92 valence electrons. The van der Waals surface area contributed by atoms with Crippen LogP contribution in [-0.2, 0) is 9.53 Å². The van der Waals surface area contributed by atoms with Gasteiger partial charge in [0.05, 0.1) is 7.11 Å². The molecule has 3 nitrogen and oxygen atoms in total. The second-order valence-electron chi connectivity index (χ2n) is 4.10. The zero-order valence-electron chi connectivity index (χ0n) is 10.6. The van der Waals surface area contributed by atoms with Gasteiger partial charge in [-0.05, 0) is 19.7 Å². The molecule has 0 saturated heterocycles. The van der Waals surface area contributed by atoms with E-state index in [4.69, 9.17) is 4.74 Å². The molecule has 0 aliphatic carbocycles. The number of benzene rings is 1. The minimum absolute atomic E-state index is 0.0707. The molecule has 0 saturated carbocycles. The molecule has 0 heterocycles. The third-order valence-electron chi connectivity index (χ3n) is 2.78. The highest BCUT2D eigenvalue weighted by Gasteiger charge is 2.30. The van der Waals surface area contributed by atoms with Crippen LogP contribution in [0.5, 0.6) is 0 Å². The van der Waals surface area contributed by atoms with Crippen molar-refractivity contribution in [3.63, 3.8) is 0 Å². The molecule has 0 fully saturated rings. The van der Waals surface area contributed by atoms with Crippen LogP contribution >= 0.6 is 0 Å². The summed E-state index contributed by atoms with van der Waals surface area (Å²) in [5.74, 6) is -0.317.